The number of aryl methyl sites for hydroxylation is 1. The first-order chi connectivity index (χ1) is 8.61. The Hall–Kier alpha value is -2.41. The lowest BCUT2D eigenvalue weighted by Gasteiger charge is -2.10. The molecule has 0 amide bonds. The largest absolute Gasteiger partial charge is 0.350 e. The van der Waals surface area contributed by atoms with E-state index in [1.54, 1.807) is 18.2 Å². The van der Waals surface area contributed by atoms with Crippen LogP contribution in [0, 0.1) is 29.9 Å². The lowest BCUT2D eigenvalue weighted by molar-refractivity contribution is 0.591. The van der Waals surface area contributed by atoms with Crippen LogP contribution < -0.4 is 5.32 Å². The second-order valence-electron chi connectivity index (χ2n) is 3.88. The number of rotatable bonds is 2. The number of nitriles is 1. The minimum absolute atomic E-state index is 0.252. The van der Waals surface area contributed by atoms with E-state index < -0.39 is 11.6 Å². The second kappa shape index (κ2) is 4.84. The first-order valence-electron chi connectivity index (χ1n) is 5.33. The van der Waals surface area contributed by atoms with Crippen molar-refractivity contribution in [1.82, 2.24) is 0 Å². The fraction of sp³-hybridized carbons (Fsp3) is 0.0714. The summed E-state index contributed by atoms with van der Waals surface area (Å²) in [6, 6.07) is 10.6. The van der Waals surface area contributed by atoms with E-state index in [2.05, 4.69) is 5.32 Å². The number of nitrogens with one attached hydrogen (secondary N) is 1. The maximum atomic E-state index is 13.5. The number of para-hydroxylation sites is 1. The smallest absolute Gasteiger partial charge is 0.149 e. The van der Waals surface area contributed by atoms with Crippen LogP contribution in [0.5, 0.6) is 0 Å². The van der Waals surface area contributed by atoms with Crippen LogP contribution in [-0.2, 0) is 0 Å². The molecule has 0 bridgehead atoms. The lowest BCUT2D eigenvalue weighted by Crippen LogP contribution is -1.99. The molecule has 0 saturated carbocycles. The molecule has 18 heavy (non-hydrogen) atoms. The predicted molar refractivity (Wildman–Crippen MR) is 65.5 cm³/mol. The van der Waals surface area contributed by atoms with Crippen LogP contribution in [0.2, 0.25) is 0 Å². The van der Waals surface area contributed by atoms with Crippen molar-refractivity contribution in [3.05, 3.63) is 59.2 Å². The third-order valence-corrected chi connectivity index (χ3v) is 2.52. The molecule has 0 spiro atoms. The molecule has 0 radical (unpaired) electrons. The van der Waals surface area contributed by atoms with E-state index in [0.29, 0.717) is 11.3 Å². The summed E-state index contributed by atoms with van der Waals surface area (Å²) in [7, 11) is 0. The zero-order valence-corrected chi connectivity index (χ0v) is 9.67. The minimum Gasteiger partial charge on any atom is -0.350 e. The van der Waals surface area contributed by atoms with Crippen molar-refractivity contribution < 1.29 is 8.78 Å². The number of anilines is 2. The van der Waals surface area contributed by atoms with E-state index in [1.165, 1.54) is 6.07 Å². The summed E-state index contributed by atoms with van der Waals surface area (Å²) in [5, 5.41) is 11.6. The molecule has 2 aromatic rings. The lowest BCUT2D eigenvalue weighted by atomic mass is 10.1. The molecule has 0 aliphatic carbocycles. The third-order valence-electron chi connectivity index (χ3n) is 2.52. The van der Waals surface area contributed by atoms with Crippen LogP contribution in [0.1, 0.15) is 11.1 Å². The van der Waals surface area contributed by atoms with Crippen molar-refractivity contribution in [2.45, 2.75) is 6.92 Å². The van der Waals surface area contributed by atoms with Crippen LogP contribution in [0.15, 0.2) is 36.4 Å². The van der Waals surface area contributed by atoms with Crippen LogP contribution >= 0.6 is 0 Å². The van der Waals surface area contributed by atoms with E-state index in [4.69, 9.17) is 5.26 Å². The normalized spacial score (nSPS) is 9.89. The Bertz CT molecular complexity index is 610. The number of hydrogen-bond acceptors (Lipinski definition) is 2. The molecule has 4 heteroatoms. The highest BCUT2D eigenvalue weighted by atomic mass is 19.1. The zero-order valence-electron chi connectivity index (χ0n) is 9.67. The van der Waals surface area contributed by atoms with Crippen LogP contribution in [0.3, 0.4) is 0 Å². The van der Waals surface area contributed by atoms with Crippen molar-refractivity contribution in [3.8, 4) is 6.07 Å². The van der Waals surface area contributed by atoms with E-state index in [-0.39, 0.29) is 5.69 Å². The van der Waals surface area contributed by atoms with Gasteiger partial charge in [0.25, 0.3) is 0 Å². The summed E-state index contributed by atoms with van der Waals surface area (Å²) < 4.78 is 26.9. The summed E-state index contributed by atoms with van der Waals surface area (Å²) in [5.41, 5.74) is 1.38. The molecule has 0 atom stereocenters. The van der Waals surface area contributed by atoms with Gasteiger partial charge in [0.1, 0.15) is 23.4 Å². The Morgan fingerprint density at radius 3 is 2.39 bits per heavy atom. The highest BCUT2D eigenvalue weighted by molar-refractivity contribution is 5.67. The van der Waals surface area contributed by atoms with Gasteiger partial charge in [-0.2, -0.15) is 5.26 Å². The SMILES string of the molecule is Cc1ccc(Nc2c(F)cccc2F)c(C#N)c1. The molecule has 0 fully saturated rings. The maximum absolute atomic E-state index is 13.5. The molecular weight excluding hydrogens is 234 g/mol. The highest BCUT2D eigenvalue weighted by Gasteiger charge is 2.10. The first kappa shape index (κ1) is 12.1. The predicted octanol–water partition coefficient (Wildman–Crippen LogP) is 3.89. The van der Waals surface area contributed by atoms with Gasteiger partial charge < -0.3 is 5.32 Å². The van der Waals surface area contributed by atoms with Gasteiger partial charge in [0.05, 0.1) is 11.3 Å². The molecule has 0 aliphatic rings. The van der Waals surface area contributed by atoms with Crippen LogP contribution in [-0.4, -0.2) is 0 Å². The monoisotopic (exact) mass is 244 g/mol. The fourth-order valence-electron chi connectivity index (χ4n) is 1.61. The molecule has 2 aromatic carbocycles. The molecule has 0 aromatic heterocycles. The number of halogens is 2. The van der Waals surface area contributed by atoms with Gasteiger partial charge in [-0.1, -0.05) is 12.1 Å². The summed E-state index contributed by atoms with van der Waals surface area (Å²) in [5.74, 6) is -1.39. The van der Waals surface area contributed by atoms with Gasteiger partial charge in [-0.25, -0.2) is 8.78 Å². The molecular formula is C14H10F2N2. The Kier molecular flexibility index (Phi) is 3.24. The third kappa shape index (κ3) is 2.30. The zero-order chi connectivity index (χ0) is 13.1. The van der Waals surface area contributed by atoms with Crippen molar-refractivity contribution >= 4 is 11.4 Å². The van der Waals surface area contributed by atoms with E-state index in [9.17, 15) is 8.78 Å². The molecule has 0 unspecified atom stereocenters. The van der Waals surface area contributed by atoms with Crippen LogP contribution in [0.4, 0.5) is 20.2 Å². The van der Waals surface area contributed by atoms with Gasteiger partial charge >= 0.3 is 0 Å². The van der Waals surface area contributed by atoms with Crippen molar-refractivity contribution in [1.29, 1.82) is 5.26 Å². The molecule has 2 rings (SSSR count). The van der Waals surface area contributed by atoms with E-state index in [0.717, 1.165) is 17.7 Å². The number of hydrogen-bond donors (Lipinski definition) is 1. The van der Waals surface area contributed by atoms with Crippen molar-refractivity contribution in [2.75, 3.05) is 5.32 Å². The topological polar surface area (TPSA) is 35.8 Å². The average molecular weight is 244 g/mol. The standard InChI is InChI=1S/C14H10F2N2/c1-9-5-6-13(10(7-9)8-17)18-14-11(15)3-2-4-12(14)16/h2-7,18H,1H3. The highest BCUT2D eigenvalue weighted by Crippen LogP contribution is 2.25. The molecule has 0 heterocycles. The molecule has 1 N–H and O–H groups in total. The Morgan fingerprint density at radius 1 is 1.11 bits per heavy atom. The Morgan fingerprint density at radius 2 is 1.78 bits per heavy atom. The second-order valence-corrected chi connectivity index (χ2v) is 3.88. The quantitative estimate of drug-likeness (QED) is 0.869. The number of benzene rings is 2. The Labute approximate surface area is 103 Å². The number of nitrogens with zero attached hydrogens (tertiary/aromatic N) is 1. The van der Waals surface area contributed by atoms with Crippen molar-refractivity contribution in [3.63, 3.8) is 0 Å². The summed E-state index contributed by atoms with van der Waals surface area (Å²) in [6.45, 7) is 1.84. The van der Waals surface area contributed by atoms with E-state index >= 15 is 0 Å². The minimum atomic E-state index is -0.695. The van der Waals surface area contributed by atoms with Gasteiger partial charge in [0, 0.05) is 0 Å². The van der Waals surface area contributed by atoms with Gasteiger partial charge in [0.15, 0.2) is 0 Å². The maximum Gasteiger partial charge on any atom is 0.149 e. The summed E-state index contributed by atoms with van der Waals surface area (Å²) in [4.78, 5) is 0. The van der Waals surface area contributed by atoms with Crippen LogP contribution in [0.25, 0.3) is 0 Å². The van der Waals surface area contributed by atoms with E-state index in [1.807, 2.05) is 13.0 Å². The van der Waals surface area contributed by atoms with Crippen molar-refractivity contribution in [2.24, 2.45) is 0 Å². The summed E-state index contributed by atoms with van der Waals surface area (Å²) >= 11 is 0. The van der Waals surface area contributed by atoms with Gasteiger partial charge in [-0.05, 0) is 36.8 Å². The molecule has 0 saturated heterocycles. The van der Waals surface area contributed by atoms with Gasteiger partial charge in [-0.15, -0.1) is 0 Å². The van der Waals surface area contributed by atoms with Gasteiger partial charge in [-0.3, -0.25) is 0 Å². The molecule has 90 valence electrons. The Balaban J connectivity index is 2.44. The first-order valence-corrected chi connectivity index (χ1v) is 5.33. The fourth-order valence-corrected chi connectivity index (χ4v) is 1.61. The molecule has 2 nitrogen and oxygen atoms in total. The molecule has 0 aliphatic heterocycles. The summed E-state index contributed by atoms with van der Waals surface area (Å²) in [6.07, 6.45) is 0. The van der Waals surface area contributed by atoms with Gasteiger partial charge in [0.2, 0.25) is 0 Å². The average Bonchev–Trinajstić information content (AvgIpc) is 2.35.